The van der Waals surface area contributed by atoms with E-state index < -0.39 is 0 Å². The molecule has 0 radical (unpaired) electrons. The van der Waals surface area contributed by atoms with Crippen molar-refractivity contribution in [1.29, 1.82) is 0 Å². The van der Waals surface area contributed by atoms with Gasteiger partial charge in [0.15, 0.2) is 0 Å². The van der Waals surface area contributed by atoms with Crippen LogP contribution in [0.2, 0.25) is 0 Å². The molecule has 1 aliphatic rings. The molecule has 0 spiro atoms. The highest BCUT2D eigenvalue weighted by Crippen LogP contribution is 2.17. The van der Waals surface area contributed by atoms with E-state index in [1.54, 1.807) is 7.11 Å². The fourth-order valence-corrected chi connectivity index (χ4v) is 0.976. The molecule has 52 valence electrons. The van der Waals surface area contributed by atoms with Crippen LogP contribution in [0.4, 0.5) is 0 Å². The molecule has 0 amide bonds. The minimum Gasteiger partial charge on any atom is -0.496 e. The Morgan fingerprint density at radius 3 is 3.00 bits per heavy atom. The zero-order valence-electron chi connectivity index (χ0n) is 6.05. The number of methoxy groups -OCH3 is 1. The summed E-state index contributed by atoms with van der Waals surface area (Å²) in [5.74, 6) is 3.45. The topological polar surface area (TPSA) is 9.23 Å². The summed E-state index contributed by atoms with van der Waals surface area (Å²) in [4.78, 5) is 0. The largest absolute Gasteiger partial charge is 0.496 e. The van der Waals surface area contributed by atoms with Gasteiger partial charge in [0.1, 0.15) is 5.76 Å². The first-order chi connectivity index (χ1) is 4.88. The number of ether oxygens (including phenoxy) is 1. The second-order valence-corrected chi connectivity index (χ2v) is 2.13. The molecule has 0 aromatic heterocycles. The lowest BCUT2D eigenvalue weighted by Crippen LogP contribution is -1.94. The fraction of sp³-hybridized carbons (Fsp3) is 0.333. The molecule has 0 fully saturated rings. The van der Waals surface area contributed by atoms with Gasteiger partial charge in [0.05, 0.1) is 7.11 Å². The standard InChI is InChI=1S/C9H10O/c1-3-8-6-4-5-7-9(8)10-2/h1,5,7H,4,6H2,2H3. The maximum Gasteiger partial charge on any atom is 0.130 e. The quantitative estimate of drug-likeness (QED) is 0.497. The van der Waals surface area contributed by atoms with Crippen LogP contribution in [-0.4, -0.2) is 7.11 Å². The van der Waals surface area contributed by atoms with Gasteiger partial charge in [-0.1, -0.05) is 12.0 Å². The second-order valence-electron chi connectivity index (χ2n) is 2.13. The molecule has 1 nitrogen and oxygen atoms in total. The lowest BCUT2D eigenvalue weighted by molar-refractivity contribution is 0.301. The van der Waals surface area contributed by atoms with Crippen molar-refractivity contribution in [2.45, 2.75) is 12.8 Å². The van der Waals surface area contributed by atoms with Crippen LogP contribution in [0.25, 0.3) is 0 Å². The molecule has 0 unspecified atom stereocenters. The molecule has 0 heterocycles. The molecule has 1 heteroatoms. The van der Waals surface area contributed by atoms with Crippen LogP contribution in [0.3, 0.4) is 0 Å². The van der Waals surface area contributed by atoms with Crippen LogP contribution >= 0.6 is 0 Å². The van der Waals surface area contributed by atoms with Crippen LogP contribution in [0, 0.1) is 12.3 Å². The third-order valence-electron chi connectivity index (χ3n) is 1.52. The highest BCUT2D eigenvalue weighted by atomic mass is 16.5. The molecule has 0 saturated carbocycles. The maximum absolute atomic E-state index is 5.25. The molecule has 0 N–H and O–H groups in total. The normalized spacial score (nSPS) is 16.8. The van der Waals surface area contributed by atoms with E-state index in [2.05, 4.69) is 12.0 Å². The van der Waals surface area contributed by atoms with Gasteiger partial charge < -0.3 is 4.74 Å². The van der Waals surface area contributed by atoms with Crippen molar-refractivity contribution < 1.29 is 4.74 Å². The van der Waals surface area contributed by atoms with Gasteiger partial charge in [0, 0.05) is 5.57 Å². The number of allylic oxidation sites excluding steroid dienone is 3. The highest BCUT2D eigenvalue weighted by molar-refractivity contribution is 5.36. The zero-order valence-corrected chi connectivity index (χ0v) is 6.05. The van der Waals surface area contributed by atoms with Gasteiger partial charge in [-0.2, -0.15) is 0 Å². The van der Waals surface area contributed by atoms with Crippen LogP contribution in [0.1, 0.15) is 12.8 Å². The minimum atomic E-state index is 0.841. The van der Waals surface area contributed by atoms with E-state index in [-0.39, 0.29) is 0 Å². The van der Waals surface area contributed by atoms with Gasteiger partial charge in [-0.3, -0.25) is 0 Å². The van der Waals surface area contributed by atoms with Gasteiger partial charge in [0.2, 0.25) is 0 Å². The Hall–Kier alpha value is -1.16. The SMILES string of the molecule is C#CC1=C(OC)C=CCC1. The average Bonchev–Trinajstić information content (AvgIpc) is 2.04. The van der Waals surface area contributed by atoms with E-state index in [1.807, 2.05) is 6.08 Å². The van der Waals surface area contributed by atoms with E-state index in [0.29, 0.717) is 0 Å². The summed E-state index contributed by atoms with van der Waals surface area (Å²) in [6.45, 7) is 0. The van der Waals surface area contributed by atoms with Crippen LogP contribution < -0.4 is 0 Å². The summed E-state index contributed by atoms with van der Waals surface area (Å²) in [5.41, 5.74) is 0.977. The smallest absolute Gasteiger partial charge is 0.130 e. The monoisotopic (exact) mass is 134 g/mol. The lowest BCUT2D eigenvalue weighted by atomic mass is 10.0. The van der Waals surface area contributed by atoms with Crippen molar-refractivity contribution in [2.75, 3.05) is 7.11 Å². The van der Waals surface area contributed by atoms with Crippen LogP contribution in [0.15, 0.2) is 23.5 Å². The molecule has 0 aliphatic heterocycles. The first kappa shape index (κ1) is 6.95. The number of hydrogen-bond acceptors (Lipinski definition) is 1. The van der Waals surface area contributed by atoms with Crippen molar-refractivity contribution in [3.05, 3.63) is 23.5 Å². The van der Waals surface area contributed by atoms with Crippen LogP contribution in [-0.2, 0) is 4.74 Å². The summed E-state index contributed by atoms with van der Waals surface area (Å²) in [7, 11) is 1.64. The van der Waals surface area contributed by atoms with Gasteiger partial charge in [0.25, 0.3) is 0 Å². The molecule has 1 aliphatic carbocycles. The number of terminal acetylenes is 1. The Kier molecular flexibility index (Phi) is 2.17. The molecule has 0 aromatic rings. The first-order valence-electron chi connectivity index (χ1n) is 3.28. The Balaban J connectivity index is 2.87. The van der Waals surface area contributed by atoms with Crippen molar-refractivity contribution >= 4 is 0 Å². The summed E-state index contributed by atoms with van der Waals surface area (Å²) in [6, 6.07) is 0. The Bertz CT molecular complexity index is 215. The van der Waals surface area contributed by atoms with Crippen molar-refractivity contribution in [3.63, 3.8) is 0 Å². The van der Waals surface area contributed by atoms with E-state index in [4.69, 9.17) is 11.2 Å². The average molecular weight is 134 g/mol. The van der Waals surface area contributed by atoms with Gasteiger partial charge in [-0.15, -0.1) is 6.42 Å². The minimum absolute atomic E-state index is 0.841. The highest BCUT2D eigenvalue weighted by Gasteiger charge is 2.04. The van der Waals surface area contributed by atoms with Crippen molar-refractivity contribution in [2.24, 2.45) is 0 Å². The fourth-order valence-electron chi connectivity index (χ4n) is 0.976. The van der Waals surface area contributed by atoms with E-state index >= 15 is 0 Å². The summed E-state index contributed by atoms with van der Waals surface area (Å²) < 4.78 is 5.04. The molecule has 0 atom stereocenters. The molecular formula is C9H10O. The van der Waals surface area contributed by atoms with Crippen LogP contribution in [0.5, 0.6) is 0 Å². The predicted molar refractivity (Wildman–Crippen MR) is 41.2 cm³/mol. The van der Waals surface area contributed by atoms with E-state index in [9.17, 15) is 0 Å². The summed E-state index contributed by atoms with van der Waals surface area (Å²) in [6.07, 6.45) is 11.2. The van der Waals surface area contributed by atoms with Gasteiger partial charge >= 0.3 is 0 Å². The second kappa shape index (κ2) is 3.12. The molecule has 10 heavy (non-hydrogen) atoms. The zero-order chi connectivity index (χ0) is 7.40. The Morgan fingerprint density at radius 1 is 1.70 bits per heavy atom. The van der Waals surface area contributed by atoms with Crippen molar-refractivity contribution in [3.8, 4) is 12.3 Å². The molecule has 0 aromatic carbocycles. The Morgan fingerprint density at radius 2 is 2.50 bits per heavy atom. The number of hydrogen-bond donors (Lipinski definition) is 0. The third kappa shape index (κ3) is 1.22. The first-order valence-corrected chi connectivity index (χ1v) is 3.28. The number of rotatable bonds is 1. The van der Waals surface area contributed by atoms with E-state index in [0.717, 1.165) is 24.2 Å². The predicted octanol–water partition coefficient (Wildman–Crippen LogP) is 1.87. The molecule has 0 saturated heterocycles. The summed E-state index contributed by atoms with van der Waals surface area (Å²) in [5, 5.41) is 0. The molecule has 0 bridgehead atoms. The lowest BCUT2D eigenvalue weighted by Gasteiger charge is -2.08. The van der Waals surface area contributed by atoms with Gasteiger partial charge in [-0.25, -0.2) is 0 Å². The Labute approximate surface area is 61.4 Å². The van der Waals surface area contributed by atoms with Gasteiger partial charge in [-0.05, 0) is 18.9 Å². The summed E-state index contributed by atoms with van der Waals surface area (Å²) >= 11 is 0. The van der Waals surface area contributed by atoms with E-state index in [1.165, 1.54) is 0 Å². The molecular weight excluding hydrogens is 124 g/mol. The third-order valence-corrected chi connectivity index (χ3v) is 1.52. The molecule has 1 rings (SSSR count). The van der Waals surface area contributed by atoms with Crippen molar-refractivity contribution in [1.82, 2.24) is 0 Å². The maximum atomic E-state index is 5.25.